The van der Waals surface area contributed by atoms with E-state index in [9.17, 15) is 0 Å². The van der Waals surface area contributed by atoms with Gasteiger partial charge in [-0.25, -0.2) is 0 Å². The minimum atomic E-state index is 0.680. The Morgan fingerprint density at radius 2 is 1.90 bits per heavy atom. The van der Waals surface area contributed by atoms with E-state index in [4.69, 9.17) is 16.3 Å². The van der Waals surface area contributed by atoms with Crippen LogP contribution in [0.25, 0.3) is 0 Å². The number of rotatable bonds is 4. The van der Waals surface area contributed by atoms with Crippen molar-refractivity contribution in [2.45, 2.75) is 32.2 Å². The van der Waals surface area contributed by atoms with Gasteiger partial charge in [-0.15, -0.1) is 0 Å². The molecule has 110 valence electrons. The molecule has 0 saturated heterocycles. The molecule has 2 aromatic rings. The van der Waals surface area contributed by atoms with E-state index in [1.165, 1.54) is 36.1 Å². The van der Waals surface area contributed by atoms with Crippen LogP contribution in [0.3, 0.4) is 0 Å². The number of halogens is 1. The van der Waals surface area contributed by atoms with E-state index < -0.39 is 0 Å². The van der Waals surface area contributed by atoms with Gasteiger partial charge in [0.05, 0.1) is 7.11 Å². The molecule has 0 atom stereocenters. The lowest BCUT2D eigenvalue weighted by molar-refractivity contribution is 0.410. The van der Waals surface area contributed by atoms with E-state index in [-0.39, 0.29) is 0 Å². The van der Waals surface area contributed by atoms with Gasteiger partial charge in [-0.3, -0.25) is 0 Å². The van der Waals surface area contributed by atoms with Gasteiger partial charge in [0, 0.05) is 22.8 Å². The topological polar surface area (TPSA) is 21.3 Å². The first-order valence-electron chi connectivity index (χ1n) is 7.45. The first-order valence-corrected chi connectivity index (χ1v) is 7.83. The van der Waals surface area contributed by atoms with Crippen LogP contribution in [-0.4, -0.2) is 7.11 Å². The average molecular weight is 302 g/mol. The van der Waals surface area contributed by atoms with Gasteiger partial charge < -0.3 is 10.1 Å². The van der Waals surface area contributed by atoms with E-state index >= 15 is 0 Å². The molecule has 21 heavy (non-hydrogen) atoms. The standard InChI is InChI=1S/C18H20ClNO/c1-21-18-11-5-9-16(19)15(18)12-20-17-10-4-7-13-6-2-3-8-14(13)17/h4-5,7,9-11,20H,2-3,6,8,12H2,1H3. The fraction of sp³-hybridized carbons (Fsp3) is 0.333. The molecule has 2 nitrogen and oxygen atoms in total. The van der Waals surface area contributed by atoms with Crippen molar-refractivity contribution in [2.24, 2.45) is 0 Å². The molecule has 1 aliphatic carbocycles. The number of fused-ring (bicyclic) bond motifs is 1. The predicted molar refractivity (Wildman–Crippen MR) is 88.4 cm³/mol. The number of nitrogens with one attached hydrogen (secondary N) is 1. The largest absolute Gasteiger partial charge is 0.496 e. The van der Waals surface area contributed by atoms with Gasteiger partial charge in [0.1, 0.15) is 5.75 Å². The summed E-state index contributed by atoms with van der Waals surface area (Å²) < 4.78 is 5.40. The number of hydrogen-bond acceptors (Lipinski definition) is 2. The molecule has 0 fully saturated rings. The van der Waals surface area contributed by atoms with Gasteiger partial charge in [0.25, 0.3) is 0 Å². The molecule has 2 aromatic carbocycles. The van der Waals surface area contributed by atoms with Gasteiger partial charge in [0.15, 0.2) is 0 Å². The highest BCUT2D eigenvalue weighted by Crippen LogP contribution is 2.30. The van der Waals surface area contributed by atoms with Gasteiger partial charge >= 0.3 is 0 Å². The lowest BCUT2D eigenvalue weighted by Crippen LogP contribution is -2.09. The Hall–Kier alpha value is -1.67. The molecular formula is C18H20ClNO. The third kappa shape index (κ3) is 3.01. The average Bonchev–Trinajstić information content (AvgIpc) is 2.53. The Morgan fingerprint density at radius 1 is 1.10 bits per heavy atom. The van der Waals surface area contributed by atoms with Gasteiger partial charge in [-0.05, 0) is 55.0 Å². The fourth-order valence-corrected chi connectivity index (χ4v) is 3.26. The fourth-order valence-electron chi connectivity index (χ4n) is 3.03. The molecule has 3 rings (SSSR count). The summed E-state index contributed by atoms with van der Waals surface area (Å²) in [5.41, 5.74) is 5.19. The predicted octanol–water partition coefficient (Wildman–Crippen LogP) is 4.84. The minimum absolute atomic E-state index is 0.680. The number of hydrogen-bond donors (Lipinski definition) is 1. The molecule has 0 radical (unpaired) electrons. The lowest BCUT2D eigenvalue weighted by Gasteiger charge is -2.20. The zero-order valence-corrected chi connectivity index (χ0v) is 13.0. The van der Waals surface area contributed by atoms with Crippen molar-refractivity contribution in [3.63, 3.8) is 0 Å². The van der Waals surface area contributed by atoms with E-state index in [1.54, 1.807) is 7.11 Å². The van der Waals surface area contributed by atoms with Crippen molar-refractivity contribution >= 4 is 17.3 Å². The van der Waals surface area contributed by atoms with Gasteiger partial charge in [-0.2, -0.15) is 0 Å². The smallest absolute Gasteiger partial charge is 0.125 e. The second-order valence-corrected chi connectivity index (χ2v) is 5.83. The second-order valence-electron chi connectivity index (χ2n) is 5.42. The highest BCUT2D eigenvalue weighted by atomic mass is 35.5. The van der Waals surface area contributed by atoms with Crippen molar-refractivity contribution in [1.29, 1.82) is 0 Å². The molecule has 0 aromatic heterocycles. The zero-order chi connectivity index (χ0) is 14.7. The summed E-state index contributed by atoms with van der Waals surface area (Å²) in [5, 5.41) is 4.28. The Bertz CT molecular complexity index is 639. The molecule has 0 aliphatic heterocycles. The number of anilines is 1. The minimum Gasteiger partial charge on any atom is -0.496 e. The number of benzene rings is 2. The Labute approximate surface area is 131 Å². The molecule has 0 spiro atoms. The van der Waals surface area contributed by atoms with Crippen molar-refractivity contribution in [3.8, 4) is 5.75 Å². The van der Waals surface area contributed by atoms with Crippen LogP contribution in [0.4, 0.5) is 5.69 Å². The quantitative estimate of drug-likeness (QED) is 0.872. The maximum absolute atomic E-state index is 6.30. The molecule has 0 bridgehead atoms. The summed E-state index contributed by atoms with van der Waals surface area (Å²) in [6.45, 7) is 0.680. The first kappa shape index (κ1) is 14.3. The number of aryl methyl sites for hydroxylation is 1. The normalized spacial score (nSPS) is 13.6. The third-order valence-corrected chi connectivity index (χ3v) is 4.50. The molecule has 0 saturated carbocycles. The highest BCUT2D eigenvalue weighted by molar-refractivity contribution is 6.31. The van der Waals surface area contributed by atoms with Crippen LogP contribution in [-0.2, 0) is 19.4 Å². The highest BCUT2D eigenvalue weighted by Gasteiger charge is 2.13. The number of ether oxygens (including phenoxy) is 1. The van der Waals surface area contributed by atoms with Crippen LogP contribution in [0.15, 0.2) is 36.4 Å². The second kappa shape index (κ2) is 6.40. The monoisotopic (exact) mass is 301 g/mol. The molecule has 1 aliphatic rings. The van der Waals surface area contributed by atoms with Crippen molar-refractivity contribution in [3.05, 3.63) is 58.1 Å². The summed E-state index contributed by atoms with van der Waals surface area (Å²) >= 11 is 6.30. The third-order valence-electron chi connectivity index (χ3n) is 4.15. The van der Waals surface area contributed by atoms with Crippen molar-refractivity contribution in [1.82, 2.24) is 0 Å². The van der Waals surface area contributed by atoms with Crippen molar-refractivity contribution in [2.75, 3.05) is 12.4 Å². The van der Waals surface area contributed by atoms with Crippen molar-refractivity contribution < 1.29 is 4.74 Å². The van der Waals surface area contributed by atoms with E-state index in [0.717, 1.165) is 22.8 Å². The van der Waals surface area contributed by atoms with Crippen LogP contribution in [0.1, 0.15) is 29.5 Å². The Kier molecular flexibility index (Phi) is 4.35. The van der Waals surface area contributed by atoms with Crippen LogP contribution in [0, 0.1) is 0 Å². The summed E-state index contributed by atoms with van der Waals surface area (Å²) in [5.74, 6) is 0.833. The summed E-state index contributed by atoms with van der Waals surface area (Å²) in [7, 11) is 1.68. The molecule has 0 unspecified atom stereocenters. The maximum atomic E-state index is 6.30. The lowest BCUT2D eigenvalue weighted by atomic mass is 9.90. The zero-order valence-electron chi connectivity index (χ0n) is 12.3. The molecule has 0 heterocycles. The van der Waals surface area contributed by atoms with Crippen LogP contribution in [0.2, 0.25) is 5.02 Å². The summed E-state index contributed by atoms with van der Waals surface area (Å²) in [6.07, 6.45) is 4.94. The van der Waals surface area contributed by atoms with E-state index in [0.29, 0.717) is 6.54 Å². The molecule has 3 heteroatoms. The van der Waals surface area contributed by atoms with Gasteiger partial charge in [-0.1, -0.05) is 29.8 Å². The molecule has 1 N–H and O–H groups in total. The van der Waals surface area contributed by atoms with E-state index in [1.807, 2.05) is 18.2 Å². The van der Waals surface area contributed by atoms with Gasteiger partial charge in [0.2, 0.25) is 0 Å². The molecule has 0 amide bonds. The Morgan fingerprint density at radius 3 is 2.76 bits per heavy atom. The van der Waals surface area contributed by atoms with Crippen LogP contribution < -0.4 is 10.1 Å². The molecular weight excluding hydrogens is 282 g/mol. The SMILES string of the molecule is COc1cccc(Cl)c1CNc1cccc2c1CCCC2. The van der Waals surface area contributed by atoms with Crippen LogP contribution >= 0.6 is 11.6 Å². The summed E-state index contributed by atoms with van der Waals surface area (Å²) in [6, 6.07) is 12.3. The van der Waals surface area contributed by atoms with E-state index in [2.05, 4.69) is 23.5 Å². The summed E-state index contributed by atoms with van der Waals surface area (Å²) in [4.78, 5) is 0. The Balaban J connectivity index is 1.83. The maximum Gasteiger partial charge on any atom is 0.125 e. The number of methoxy groups -OCH3 is 1. The first-order chi connectivity index (χ1) is 10.3. The van der Waals surface area contributed by atoms with Crippen LogP contribution in [0.5, 0.6) is 5.75 Å².